The Morgan fingerprint density at radius 2 is 2.17 bits per heavy atom. The Bertz CT molecular complexity index is 933. The highest BCUT2D eigenvalue weighted by molar-refractivity contribution is 5.73. The maximum Gasteiger partial charge on any atom is 0.219 e. The van der Waals surface area contributed by atoms with Crippen molar-refractivity contribution >= 4 is 11.7 Å². The zero-order chi connectivity index (χ0) is 20.0. The third-order valence-electron chi connectivity index (χ3n) is 6.83. The predicted octanol–water partition coefficient (Wildman–Crippen LogP) is 3.01. The van der Waals surface area contributed by atoms with Gasteiger partial charge in [0.25, 0.3) is 0 Å². The highest BCUT2D eigenvalue weighted by Crippen LogP contribution is 2.48. The van der Waals surface area contributed by atoms with E-state index in [2.05, 4.69) is 28.0 Å². The summed E-state index contributed by atoms with van der Waals surface area (Å²) in [6.07, 6.45) is 10.6. The Kier molecular flexibility index (Phi) is 4.56. The fraction of sp³-hybridized carbons (Fsp3) is 0.636. The second kappa shape index (κ2) is 7.11. The average molecular weight is 395 g/mol. The first-order valence-electron chi connectivity index (χ1n) is 11.0. The number of hydrogen-bond acceptors (Lipinski definition) is 5. The molecule has 1 N–H and O–H groups in total. The second-order valence-corrected chi connectivity index (χ2v) is 8.91. The number of fused-ring (bicyclic) bond motifs is 2. The quantitative estimate of drug-likeness (QED) is 0.844. The minimum absolute atomic E-state index is 0.00600. The Morgan fingerprint density at radius 3 is 2.90 bits per heavy atom. The summed E-state index contributed by atoms with van der Waals surface area (Å²) in [7, 11) is 0. The van der Waals surface area contributed by atoms with Gasteiger partial charge >= 0.3 is 0 Å². The van der Waals surface area contributed by atoms with Crippen molar-refractivity contribution in [3.05, 3.63) is 35.3 Å². The Balaban J connectivity index is 1.46. The smallest absolute Gasteiger partial charge is 0.219 e. The van der Waals surface area contributed by atoms with Gasteiger partial charge in [0.15, 0.2) is 0 Å². The third-order valence-corrected chi connectivity index (χ3v) is 6.83. The average Bonchev–Trinajstić information content (AvgIpc) is 3.39. The lowest BCUT2D eigenvalue weighted by molar-refractivity contribution is -0.131. The van der Waals surface area contributed by atoms with Gasteiger partial charge in [0, 0.05) is 49.7 Å². The van der Waals surface area contributed by atoms with Crippen LogP contribution in [0.1, 0.15) is 74.6 Å². The van der Waals surface area contributed by atoms with Crippen LogP contribution in [0.15, 0.2) is 12.5 Å². The van der Waals surface area contributed by atoms with Gasteiger partial charge in [0.2, 0.25) is 5.91 Å². The fourth-order valence-electron chi connectivity index (χ4n) is 4.97. The van der Waals surface area contributed by atoms with E-state index in [1.54, 1.807) is 6.92 Å². The number of amides is 1. The first kappa shape index (κ1) is 18.6. The van der Waals surface area contributed by atoms with Crippen LogP contribution in [0.4, 0.5) is 5.82 Å². The summed E-state index contributed by atoms with van der Waals surface area (Å²) in [4.78, 5) is 28.6. The Hall–Kier alpha value is -2.44. The van der Waals surface area contributed by atoms with Gasteiger partial charge < -0.3 is 14.8 Å². The van der Waals surface area contributed by atoms with Gasteiger partial charge in [-0.15, -0.1) is 0 Å². The van der Waals surface area contributed by atoms with Gasteiger partial charge in [-0.05, 0) is 45.4 Å². The number of nitrogens with one attached hydrogen (secondary N) is 1. The van der Waals surface area contributed by atoms with Crippen molar-refractivity contribution in [3.8, 4) is 0 Å². The predicted molar refractivity (Wildman–Crippen MR) is 111 cm³/mol. The van der Waals surface area contributed by atoms with Crippen LogP contribution in [0.5, 0.6) is 0 Å². The molecule has 29 heavy (non-hydrogen) atoms. The summed E-state index contributed by atoms with van der Waals surface area (Å²) in [6.45, 7) is 7.08. The van der Waals surface area contributed by atoms with E-state index in [9.17, 15) is 4.79 Å². The number of anilines is 1. The van der Waals surface area contributed by atoms with Crippen molar-refractivity contribution in [2.24, 2.45) is 0 Å². The number of rotatable bonds is 5. The van der Waals surface area contributed by atoms with Gasteiger partial charge in [-0.2, -0.15) is 0 Å². The lowest BCUT2D eigenvalue weighted by Gasteiger charge is -2.40. The molecule has 2 aromatic heterocycles. The van der Waals surface area contributed by atoms with Crippen LogP contribution in [-0.2, 0) is 29.7 Å². The third kappa shape index (κ3) is 3.40. The Morgan fingerprint density at radius 1 is 1.31 bits per heavy atom. The number of likely N-dealkylation sites (tertiary alicyclic amines) is 1. The number of piperidine rings is 1. The molecular formula is C22H30N6O. The molecule has 7 nitrogen and oxygen atoms in total. The van der Waals surface area contributed by atoms with Gasteiger partial charge in [-0.3, -0.25) is 4.79 Å². The maximum atomic E-state index is 12.1. The molecule has 2 aliphatic carbocycles. The SMILES string of the molecule is CCn1cnc(CNc2nc(C3CC3)nc3c2CCC32CCCN(C(C)=O)C2)c1. The molecule has 1 saturated heterocycles. The standard InChI is InChI=1S/C22H30N6O/c1-3-27-12-17(24-14-27)11-23-21-18-7-9-22(8-4-10-28(13-22)15(2)29)19(18)25-20(26-21)16-5-6-16/h12,14,16H,3-11,13H2,1-2H3,(H,23,25,26). The molecule has 154 valence electrons. The zero-order valence-electron chi connectivity index (χ0n) is 17.4. The lowest BCUT2D eigenvalue weighted by Crippen LogP contribution is -2.47. The van der Waals surface area contributed by atoms with E-state index in [-0.39, 0.29) is 11.3 Å². The van der Waals surface area contributed by atoms with Crippen LogP contribution in [-0.4, -0.2) is 43.4 Å². The monoisotopic (exact) mass is 394 g/mol. The number of carbonyl (C=O) groups is 1. The highest BCUT2D eigenvalue weighted by Gasteiger charge is 2.46. The topological polar surface area (TPSA) is 75.9 Å². The van der Waals surface area contributed by atoms with Crippen molar-refractivity contribution in [1.29, 1.82) is 0 Å². The minimum atomic E-state index is 0.00600. The fourth-order valence-corrected chi connectivity index (χ4v) is 4.97. The Labute approximate surface area is 171 Å². The van der Waals surface area contributed by atoms with Gasteiger partial charge in [-0.1, -0.05) is 0 Å². The highest BCUT2D eigenvalue weighted by atomic mass is 16.2. The summed E-state index contributed by atoms with van der Waals surface area (Å²) >= 11 is 0. The van der Waals surface area contributed by atoms with Crippen LogP contribution in [0, 0.1) is 0 Å². The molecule has 1 saturated carbocycles. The lowest BCUT2D eigenvalue weighted by atomic mass is 9.77. The second-order valence-electron chi connectivity index (χ2n) is 8.91. The van der Waals surface area contributed by atoms with Crippen molar-refractivity contribution < 1.29 is 4.79 Å². The number of aromatic nitrogens is 4. The molecule has 1 unspecified atom stereocenters. The zero-order valence-corrected chi connectivity index (χ0v) is 17.4. The van der Waals surface area contributed by atoms with E-state index in [4.69, 9.17) is 9.97 Å². The summed E-state index contributed by atoms with van der Waals surface area (Å²) in [6, 6.07) is 0. The molecule has 2 fully saturated rings. The summed E-state index contributed by atoms with van der Waals surface area (Å²) in [5.41, 5.74) is 3.50. The van der Waals surface area contributed by atoms with Crippen molar-refractivity contribution in [2.75, 3.05) is 18.4 Å². The van der Waals surface area contributed by atoms with E-state index >= 15 is 0 Å². The number of hydrogen-bond donors (Lipinski definition) is 1. The molecule has 1 amide bonds. The summed E-state index contributed by atoms with van der Waals surface area (Å²) < 4.78 is 2.09. The number of nitrogens with zero attached hydrogens (tertiary/aromatic N) is 5. The molecule has 0 aromatic carbocycles. The van der Waals surface area contributed by atoms with E-state index in [0.29, 0.717) is 12.5 Å². The van der Waals surface area contributed by atoms with E-state index in [0.717, 1.165) is 62.7 Å². The molecule has 0 bridgehead atoms. The molecule has 7 heteroatoms. The van der Waals surface area contributed by atoms with Gasteiger partial charge in [-0.25, -0.2) is 15.0 Å². The first-order valence-corrected chi connectivity index (χ1v) is 11.0. The molecule has 1 atom stereocenters. The van der Waals surface area contributed by atoms with Crippen molar-refractivity contribution in [1.82, 2.24) is 24.4 Å². The van der Waals surface area contributed by atoms with Crippen molar-refractivity contribution in [2.45, 2.75) is 76.8 Å². The molecule has 1 spiro atoms. The van der Waals surface area contributed by atoms with Crippen LogP contribution in [0.3, 0.4) is 0 Å². The molecule has 5 rings (SSSR count). The van der Waals surface area contributed by atoms with Gasteiger partial charge in [0.05, 0.1) is 24.3 Å². The molecule has 1 aliphatic heterocycles. The summed E-state index contributed by atoms with van der Waals surface area (Å²) in [5.74, 6) is 2.66. The molecule has 3 aliphatic rings. The maximum absolute atomic E-state index is 12.1. The minimum Gasteiger partial charge on any atom is -0.364 e. The summed E-state index contributed by atoms with van der Waals surface area (Å²) in [5, 5.41) is 3.57. The van der Waals surface area contributed by atoms with Gasteiger partial charge in [0.1, 0.15) is 11.6 Å². The number of carbonyl (C=O) groups excluding carboxylic acids is 1. The van der Waals surface area contributed by atoms with Crippen molar-refractivity contribution in [3.63, 3.8) is 0 Å². The molecule has 3 heterocycles. The van der Waals surface area contributed by atoms with Crippen LogP contribution in [0.2, 0.25) is 0 Å². The van der Waals surface area contributed by atoms with E-state index in [1.807, 2.05) is 11.2 Å². The van der Waals surface area contributed by atoms with E-state index in [1.165, 1.54) is 24.1 Å². The van der Waals surface area contributed by atoms with Crippen LogP contribution >= 0.6 is 0 Å². The normalized spacial score (nSPS) is 23.4. The first-order chi connectivity index (χ1) is 14.1. The molecule has 2 aromatic rings. The van der Waals surface area contributed by atoms with Crippen LogP contribution in [0.25, 0.3) is 0 Å². The molecule has 0 radical (unpaired) electrons. The van der Waals surface area contributed by atoms with E-state index < -0.39 is 0 Å². The number of aryl methyl sites for hydroxylation is 1. The van der Waals surface area contributed by atoms with Crippen LogP contribution < -0.4 is 5.32 Å². The molecular weight excluding hydrogens is 364 g/mol. The number of imidazole rings is 1. The largest absolute Gasteiger partial charge is 0.364 e.